The van der Waals surface area contributed by atoms with Gasteiger partial charge in [0.25, 0.3) is 0 Å². The van der Waals surface area contributed by atoms with E-state index in [0.29, 0.717) is 5.92 Å². The van der Waals surface area contributed by atoms with Crippen molar-refractivity contribution in [2.75, 3.05) is 0 Å². The van der Waals surface area contributed by atoms with Crippen LogP contribution in [0.5, 0.6) is 0 Å². The minimum absolute atomic E-state index is 0.468. The van der Waals surface area contributed by atoms with E-state index in [2.05, 4.69) is 54.6 Å². The lowest BCUT2D eigenvalue weighted by molar-refractivity contribution is 0.865. The number of rotatable bonds is 0. The molecule has 0 radical (unpaired) electrons. The Hall–Kier alpha value is -0.480. The summed E-state index contributed by atoms with van der Waals surface area (Å²) in [6.45, 7) is 6.37. The van der Waals surface area contributed by atoms with Crippen molar-refractivity contribution in [2.45, 2.75) is 33.6 Å². The highest BCUT2D eigenvalue weighted by Gasteiger charge is 2.06. The molecule has 0 saturated carbocycles. The van der Waals surface area contributed by atoms with Crippen LogP contribution in [0.4, 0.5) is 0 Å². The molecule has 1 rings (SSSR count). The summed E-state index contributed by atoms with van der Waals surface area (Å²) in [5, 5.41) is 0. The fourth-order valence-electron chi connectivity index (χ4n) is 1.19. The van der Waals surface area contributed by atoms with Gasteiger partial charge in [0.1, 0.15) is 0 Å². The van der Waals surface area contributed by atoms with E-state index in [0.717, 1.165) is 12.8 Å². The molecular formula is C12H15Br. The fraction of sp³-hybridized carbons (Fsp3) is 0.500. The Morgan fingerprint density at radius 2 is 2.08 bits per heavy atom. The summed E-state index contributed by atoms with van der Waals surface area (Å²) in [5.41, 5.74) is 2.59. The SMILES string of the molecule is CC1=C(Br)CCC(C#CC(C)C)=C1. The van der Waals surface area contributed by atoms with Gasteiger partial charge >= 0.3 is 0 Å². The average molecular weight is 239 g/mol. The van der Waals surface area contributed by atoms with Gasteiger partial charge in [-0.05, 0) is 35.9 Å². The second-order valence-corrected chi connectivity index (χ2v) is 4.64. The van der Waals surface area contributed by atoms with E-state index in [1.807, 2.05) is 0 Å². The van der Waals surface area contributed by atoms with Crippen molar-refractivity contribution in [2.24, 2.45) is 5.92 Å². The third-order valence-electron chi connectivity index (χ3n) is 1.95. The van der Waals surface area contributed by atoms with Crippen LogP contribution in [0.25, 0.3) is 0 Å². The molecule has 0 amide bonds. The number of hydrogen-bond acceptors (Lipinski definition) is 0. The molecule has 0 aromatic heterocycles. The first kappa shape index (κ1) is 10.6. The van der Waals surface area contributed by atoms with E-state index < -0.39 is 0 Å². The second kappa shape index (κ2) is 4.67. The lowest BCUT2D eigenvalue weighted by atomic mass is 10.0. The van der Waals surface area contributed by atoms with E-state index in [1.54, 1.807) is 0 Å². The Morgan fingerprint density at radius 1 is 1.38 bits per heavy atom. The smallest absolute Gasteiger partial charge is 0.0149 e. The Bertz CT molecular complexity index is 308. The van der Waals surface area contributed by atoms with Crippen molar-refractivity contribution in [3.63, 3.8) is 0 Å². The first-order chi connectivity index (χ1) is 6.09. The van der Waals surface area contributed by atoms with E-state index in [1.165, 1.54) is 15.6 Å². The van der Waals surface area contributed by atoms with Gasteiger partial charge < -0.3 is 0 Å². The molecule has 0 fully saturated rings. The lowest BCUT2D eigenvalue weighted by Gasteiger charge is -2.09. The monoisotopic (exact) mass is 238 g/mol. The number of hydrogen-bond donors (Lipinski definition) is 0. The van der Waals surface area contributed by atoms with Crippen LogP contribution in [0, 0.1) is 17.8 Å². The molecule has 1 aliphatic carbocycles. The average Bonchev–Trinajstić information content (AvgIpc) is 2.07. The lowest BCUT2D eigenvalue weighted by Crippen LogP contribution is -1.92. The summed E-state index contributed by atoms with van der Waals surface area (Å²) in [6.07, 6.45) is 4.37. The van der Waals surface area contributed by atoms with Crippen molar-refractivity contribution in [1.82, 2.24) is 0 Å². The zero-order valence-corrected chi connectivity index (χ0v) is 10.0. The molecule has 0 N–H and O–H groups in total. The minimum Gasteiger partial charge on any atom is -0.0954 e. The van der Waals surface area contributed by atoms with E-state index in [9.17, 15) is 0 Å². The third-order valence-corrected chi connectivity index (χ3v) is 2.98. The normalized spacial score (nSPS) is 16.8. The maximum atomic E-state index is 3.55. The van der Waals surface area contributed by atoms with Gasteiger partial charge in [-0.15, -0.1) is 0 Å². The highest BCUT2D eigenvalue weighted by atomic mass is 79.9. The summed E-state index contributed by atoms with van der Waals surface area (Å²) < 4.78 is 1.32. The zero-order chi connectivity index (χ0) is 9.84. The van der Waals surface area contributed by atoms with Crippen LogP contribution in [-0.4, -0.2) is 0 Å². The van der Waals surface area contributed by atoms with Crippen LogP contribution < -0.4 is 0 Å². The van der Waals surface area contributed by atoms with E-state index in [4.69, 9.17) is 0 Å². The van der Waals surface area contributed by atoms with Gasteiger partial charge in [-0.1, -0.05) is 41.6 Å². The zero-order valence-electron chi connectivity index (χ0n) is 8.45. The fourth-order valence-corrected chi connectivity index (χ4v) is 1.50. The van der Waals surface area contributed by atoms with E-state index >= 15 is 0 Å². The summed E-state index contributed by atoms with van der Waals surface area (Å²) in [6, 6.07) is 0. The summed E-state index contributed by atoms with van der Waals surface area (Å²) in [5.74, 6) is 6.89. The largest absolute Gasteiger partial charge is 0.0954 e. The van der Waals surface area contributed by atoms with Crippen LogP contribution in [0.15, 0.2) is 21.7 Å². The van der Waals surface area contributed by atoms with Gasteiger partial charge in [-0.3, -0.25) is 0 Å². The summed E-state index contributed by atoms with van der Waals surface area (Å²) in [4.78, 5) is 0. The Labute approximate surface area is 89.2 Å². The number of halogens is 1. The van der Waals surface area contributed by atoms with Gasteiger partial charge in [-0.25, -0.2) is 0 Å². The molecule has 0 atom stereocenters. The molecule has 0 spiro atoms. The van der Waals surface area contributed by atoms with Crippen LogP contribution in [0.1, 0.15) is 33.6 Å². The summed E-state index contributed by atoms with van der Waals surface area (Å²) >= 11 is 3.55. The first-order valence-electron chi connectivity index (χ1n) is 4.67. The van der Waals surface area contributed by atoms with Gasteiger partial charge in [0.05, 0.1) is 0 Å². The predicted octanol–water partition coefficient (Wildman–Crippen LogP) is 4.03. The molecule has 0 nitrogen and oxygen atoms in total. The Balaban J connectivity index is 2.76. The van der Waals surface area contributed by atoms with Gasteiger partial charge in [-0.2, -0.15) is 0 Å². The molecule has 0 bridgehead atoms. The van der Waals surface area contributed by atoms with Crippen molar-refractivity contribution < 1.29 is 0 Å². The quantitative estimate of drug-likeness (QED) is 0.560. The van der Waals surface area contributed by atoms with Crippen LogP contribution >= 0.6 is 15.9 Å². The topological polar surface area (TPSA) is 0 Å². The van der Waals surface area contributed by atoms with E-state index in [-0.39, 0.29) is 0 Å². The first-order valence-corrected chi connectivity index (χ1v) is 5.46. The number of allylic oxidation sites excluding steroid dienone is 4. The second-order valence-electron chi connectivity index (χ2n) is 3.68. The predicted molar refractivity (Wildman–Crippen MR) is 61.6 cm³/mol. The molecule has 0 aromatic rings. The third kappa shape index (κ3) is 3.40. The molecule has 13 heavy (non-hydrogen) atoms. The maximum absolute atomic E-state index is 3.55. The standard InChI is InChI=1S/C12H15Br/c1-9(2)4-5-11-6-7-12(13)10(3)8-11/h8-9H,6-7H2,1-3H3. The molecule has 0 aromatic carbocycles. The maximum Gasteiger partial charge on any atom is 0.0149 e. The van der Waals surface area contributed by atoms with Gasteiger partial charge in [0.2, 0.25) is 0 Å². The molecule has 1 heteroatoms. The van der Waals surface area contributed by atoms with Crippen molar-refractivity contribution >= 4 is 15.9 Å². The van der Waals surface area contributed by atoms with Gasteiger partial charge in [0, 0.05) is 11.5 Å². The van der Waals surface area contributed by atoms with Gasteiger partial charge in [0.15, 0.2) is 0 Å². The van der Waals surface area contributed by atoms with Crippen molar-refractivity contribution in [3.05, 3.63) is 21.7 Å². The Kier molecular flexibility index (Phi) is 3.81. The van der Waals surface area contributed by atoms with Crippen molar-refractivity contribution in [3.8, 4) is 11.8 Å². The molecule has 0 unspecified atom stereocenters. The Morgan fingerprint density at radius 3 is 2.62 bits per heavy atom. The molecule has 0 saturated heterocycles. The van der Waals surface area contributed by atoms with Crippen LogP contribution in [0.2, 0.25) is 0 Å². The molecule has 70 valence electrons. The molecule has 0 heterocycles. The van der Waals surface area contributed by atoms with Crippen LogP contribution in [-0.2, 0) is 0 Å². The summed E-state index contributed by atoms with van der Waals surface area (Å²) in [7, 11) is 0. The van der Waals surface area contributed by atoms with Crippen molar-refractivity contribution in [1.29, 1.82) is 0 Å². The highest BCUT2D eigenvalue weighted by Crippen LogP contribution is 2.27. The molecule has 1 aliphatic rings. The minimum atomic E-state index is 0.468. The molecular weight excluding hydrogens is 224 g/mol. The highest BCUT2D eigenvalue weighted by molar-refractivity contribution is 9.11. The van der Waals surface area contributed by atoms with Crippen LogP contribution in [0.3, 0.4) is 0 Å². The molecule has 0 aliphatic heterocycles.